The number of nitrogens with zero attached hydrogens (tertiary/aromatic N) is 1. The Morgan fingerprint density at radius 3 is 2.88 bits per heavy atom. The van der Waals surface area contributed by atoms with Gasteiger partial charge in [0.05, 0.1) is 17.7 Å². The van der Waals surface area contributed by atoms with Crippen LogP contribution < -0.4 is 0 Å². The minimum Gasteiger partial charge on any atom is -0.373 e. The van der Waals surface area contributed by atoms with Crippen LogP contribution in [0, 0.1) is 0 Å². The first-order valence-electron chi connectivity index (χ1n) is 5.88. The molecule has 0 aliphatic carbocycles. The van der Waals surface area contributed by atoms with E-state index >= 15 is 0 Å². The van der Waals surface area contributed by atoms with Gasteiger partial charge >= 0.3 is 0 Å². The lowest BCUT2D eigenvalue weighted by Gasteiger charge is -2.18. The molecular formula is C14H21BrNO+. The van der Waals surface area contributed by atoms with Crippen molar-refractivity contribution in [1.82, 2.24) is 0 Å². The smallest absolute Gasteiger partial charge is 0.178 e. The van der Waals surface area contributed by atoms with Gasteiger partial charge in [-0.3, -0.25) is 0 Å². The third-order valence-corrected chi connectivity index (χ3v) is 3.99. The number of rotatable bonds is 5. The number of hydrogen-bond acceptors (Lipinski definition) is 1. The highest BCUT2D eigenvalue weighted by atomic mass is 79.9. The third kappa shape index (κ3) is 3.65. The summed E-state index contributed by atoms with van der Waals surface area (Å²) in [6, 6.07) is 0. The van der Waals surface area contributed by atoms with Crippen molar-refractivity contribution in [3.63, 3.8) is 0 Å². The second kappa shape index (κ2) is 6.31. The molecule has 0 aromatic rings. The molecule has 0 bridgehead atoms. The summed E-state index contributed by atoms with van der Waals surface area (Å²) in [4.78, 5) is 0. The molecule has 2 nitrogen and oxygen atoms in total. The van der Waals surface area contributed by atoms with E-state index < -0.39 is 0 Å². The van der Waals surface area contributed by atoms with E-state index in [-0.39, 0.29) is 5.54 Å². The summed E-state index contributed by atoms with van der Waals surface area (Å²) in [5.41, 5.74) is 1.23. The van der Waals surface area contributed by atoms with Crippen molar-refractivity contribution in [1.29, 1.82) is 0 Å². The zero-order valence-corrected chi connectivity index (χ0v) is 12.5. The van der Waals surface area contributed by atoms with E-state index in [2.05, 4.69) is 66.3 Å². The Morgan fingerprint density at radius 1 is 1.59 bits per heavy atom. The van der Waals surface area contributed by atoms with Gasteiger partial charge in [0, 0.05) is 13.3 Å². The van der Waals surface area contributed by atoms with Crippen LogP contribution in [-0.4, -0.2) is 36.6 Å². The standard InChI is InChI=1S/C14H21BrNO/c1-5-9-17-11-12-7-8-14(3,6-2)16(4)10-13(12)15/h5,7-8,10H,1,6,9,11H2,2-4H3/q+1. The first-order valence-corrected chi connectivity index (χ1v) is 6.67. The molecule has 0 saturated heterocycles. The molecule has 0 aromatic carbocycles. The first-order chi connectivity index (χ1) is 8.03. The fourth-order valence-electron chi connectivity index (χ4n) is 1.61. The lowest BCUT2D eigenvalue weighted by Crippen LogP contribution is -2.34. The number of likely N-dealkylation sites (N-methyl/N-ethyl adjacent to an activating group) is 1. The lowest BCUT2D eigenvalue weighted by atomic mass is 9.97. The van der Waals surface area contributed by atoms with Crippen molar-refractivity contribution in [2.75, 3.05) is 20.3 Å². The second-order valence-electron chi connectivity index (χ2n) is 4.46. The van der Waals surface area contributed by atoms with E-state index in [0.29, 0.717) is 13.2 Å². The number of halogens is 1. The van der Waals surface area contributed by atoms with Crippen LogP contribution in [0.3, 0.4) is 0 Å². The van der Waals surface area contributed by atoms with Crippen molar-refractivity contribution in [3.05, 3.63) is 34.9 Å². The van der Waals surface area contributed by atoms with Crippen LogP contribution in [0.2, 0.25) is 0 Å². The van der Waals surface area contributed by atoms with E-state index in [1.807, 2.05) is 0 Å². The van der Waals surface area contributed by atoms with Gasteiger partial charge in [0.2, 0.25) is 0 Å². The monoisotopic (exact) mass is 298 g/mol. The van der Waals surface area contributed by atoms with Gasteiger partial charge in [0.15, 0.2) is 11.8 Å². The molecule has 0 aromatic heterocycles. The quantitative estimate of drug-likeness (QED) is 0.431. The van der Waals surface area contributed by atoms with Gasteiger partial charge in [-0.1, -0.05) is 19.1 Å². The molecule has 1 aliphatic rings. The SMILES string of the molecule is C=CCOCC1=C(Br)C=[N+](C)C(C)(CC)C=C1. The zero-order valence-electron chi connectivity index (χ0n) is 10.9. The number of ether oxygens (including phenoxy) is 1. The summed E-state index contributed by atoms with van der Waals surface area (Å²) in [5, 5.41) is 0. The number of allylic oxidation sites excluding steroid dienone is 1. The lowest BCUT2D eigenvalue weighted by molar-refractivity contribution is -0.561. The molecule has 1 rings (SSSR count). The molecule has 94 valence electrons. The Labute approximate surface area is 112 Å². The molecule has 1 unspecified atom stereocenters. The van der Waals surface area contributed by atoms with E-state index in [4.69, 9.17) is 4.74 Å². The van der Waals surface area contributed by atoms with Crippen molar-refractivity contribution in [3.8, 4) is 0 Å². The van der Waals surface area contributed by atoms with E-state index in [1.54, 1.807) is 6.08 Å². The van der Waals surface area contributed by atoms with Crippen LogP contribution in [0.15, 0.2) is 34.9 Å². The van der Waals surface area contributed by atoms with Crippen molar-refractivity contribution in [2.45, 2.75) is 25.8 Å². The minimum absolute atomic E-state index is 0.0687. The van der Waals surface area contributed by atoms with Crippen LogP contribution in [0.5, 0.6) is 0 Å². The second-order valence-corrected chi connectivity index (χ2v) is 5.32. The predicted octanol–water partition coefficient (Wildman–Crippen LogP) is 3.29. The highest BCUT2D eigenvalue weighted by Gasteiger charge is 2.30. The molecule has 0 N–H and O–H groups in total. The van der Waals surface area contributed by atoms with Gasteiger partial charge in [0.25, 0.3) is 0 Å². The zero-order chi connectivity index (χ0) is 12.9. The van der Waals surface area contributed by atoms with Gasteiger partial charge in [-0.05, 0) is 27.6 Å². The van der Waals surface area contributed by atoms with Crippen LogP contribution in [0.4, 0.5) is 0 Å². The summed E-state index contributed by atoms with van der Waals surface area (Å²) in [6.07, 6.45) is 9.34. The molecule has 0 amide bonds. The summed E-state index contributed by atoms with van der Waals surface area (Å²) >= 11 is 3.60. The molecule has 3 heteroatoms. The first kappa shape index (κ1) is 14.4. The van der Waals surface area contributed by atoms with Crippen LogP contribution in [0.25, 0.3) is 0 Å². The maximum absolute atomic E-state index is 5.49. The van der Waals surface area contributed by atoms with Gasteiger partial charge in [0.1, 0.15) is 7.05 Å². The molecule has 1 atom stereocenters. The number of hydrogen-bond donors (Lipinski definition) is 0. The molecule has 0 radical (unpaired) electrons. The molecule has 1 aliphatic heterocycles. The van der Waals surface area contributed by atoms with Gasteiger partial charge in [-0.2, -0.15) is 0 Å². The van der Waals surface area contributed by atoms with E-state index in [9.17, 15) is 0 Å². The molecule has 17 heavy (non-hydrogen) atoms. The molecule has 0 fully saturated rings. The maximum atomic E-state index is 5.49. The maximum Gasteiger partial charge on any atom is 0.178 e. The summed E-state index contributed by atoms with van der Waals surface area (Å²) in [6.45, 7) is 9.25. The van der Waals surface area contributed by atoms with E-state index in [1.165, 1.54) is 0 Å². The average Bonchev–Trinajstić information content (AvgIpc) is 2.41. The molecule has 1 heterocycles. The molecule has 0 spiro atoms. The highest BCUT2D eigenvalue weighted by molar-refractivity contribution is 9.12. The topological polar surface area (TPSA) is 12.2 Å². The Morgan fingerprint density at radius 2 is 2.29 bits per heavy atom. The average molecular weight is 299 g/mol. The fraction of sp³-hybridized carbons (Fsp3) is 0.500. The summed E-state index contributed by atoms with van der Waals surface area (Å²) < 4.78 is 8.80. The highest BCUT2D eigenvalue weighted by Crippen LogP contribution is 2.23. The predicted molar refractivity (Wildman–Crippen MR) is 77.1 cm³/mol. The van der Waals surface area contributed by atoms with Crippen molar-refractivity contribution in [2.24, 2.45) is 0 Å². The van der Waals surface area contributed by atoms with Crippen LogP contribution in [-0.2, 0) is 4.74 Å². The van der Waals surface area contributed by atoms with Gasteiger partial charge in [-0.25, -0.2) is 4.58 Å². The molecule has 0 saturated carbocycles. The van der Waals surface area contributed by atoms with Crippen molar-refractivity contribution < 1.29 is 9.31 Å². The third-order valence-electron chi connectivity index (χ3n) is 3.27. The van der Waals surface area contributed by atoms with Gasteiger partial charge in [-0.15, -0.1) is 6.58 Å². The minimum atomic E-state index is 0.0687. The van der Waals surface area contributed by atoms with Gasteiger partial charge < -0.3 is 4.74 Å². The Kier molecular flexibility index (Phi) is 5.34. The molecular weight excluding hydrogens is 278 g/mol. The summed E-state index contributed by atoms with van der Waals surface area (Å²) in [5.74, 6) is 0. The van der Waals surface area contributed by atoms with E-state index in [0.717, 1.165) is 16.5 Å². The Hall–Kier alpha value is -0.670. The normalized spacial score (nSPS) is 24.6. The Bertz CT molecular complexity index is 382. The van der Waals surface area contributed by atoms with Crippen LogP contribution >= 0.6 is 15.9 Å². The van der Waals surface area contributed by atoms with Crippen LogP contribution in [0.1, 0.15) is 20.3 Å². The Balaban J connectivity index is 2.89. The van der Waals surface area contributed by atoms with Crippen molar-refractivity contribution >= 4 is 22.1 Å². The summed E-state index contributed by atoms with van der Waals surface area (Å²) in [7, 11) is 2.10. The fourth-order valence-corrected chi connectivity index (χ4v) is 2.17. The largest absolute Gasteiger partial charge is 0.373 e.